The molecule has 1 aliphatic rings. The summed E-state index contributed by atoms with van der Waals surface area (Å²) >= 11 is 0. The van der Waals surface area contributed by atoms with E-state index in [0.29, 0.717) is 13.0 Å². The van der Waals surface area contributed by atoms with Gasteiger partial charge in [-0.3, -0.25) is 14.5 Å². The van der Waals surface area contributed by atoms with Crippen LogP contribution in [0.3, 0.4) is 0 Å². The van der Waals surface area contributed by atoms with E-state index in [4.69, 9.17) is 5.11 Å². The van der Waals surface area contributed by atoms with Gasteiger partial charge in [-0.2, -0.15) is 0 Å². The molecule has 0 aliphatic carbocycles. The standard InChI is InChI=1S/C9H16N2O3/c1-6(12)3-4-10-7-5-8(13)11(2)9(7)14/h6-7,10,12H,3-5H2,1-2H3. The number of rotatable bonds is 4. The van der Waals surface area contributed by atoms with Crippen LogP contribution < -0.4 is 5.32 Å². The van der Waals surface area contributed by atoms with E-state index in [2.05, 4.69) is 5.32 Å². The van der Waals surface area contributed by atoms with Crippen LogP contribution in [0.2, 0.25) is 0 Å². The summed E-state index contributed by atoms with van der Waals surface area (Å²) in [5.74, 6) is -0.329. The largest absolute Gasteiger partial charge is 0.393 e. The van der Waals surface area contributed by atoms with Crippen molar-refractivity contribution in [1.29, 1.82) is 0 Å². The highest BCUT2D eigenvalue weighted by atomic mass is 16.3. The maximum atomic E-state index is 11.4. The summed E-state index contributed by atoms with van der Waals surface area (Å²) in [6, 6.07) is -0.397. The number of carbonyl (C=O) groups excluding carboxylic acids is 2. The van der Waals surface area contributed by atoms with E-state index >= 15 is 0 Å². The van der Waals surface area contributed by atoms with Gasteiger partial charge in [-0.05, 0) is 19.9 Å². The number of hydrogen-bond donors (Lipinski definition) is 2. The van der Waals surface area contributed by atoms with Crippen LogP contribution in [0.25, 0.3) is 0 Å². The second-order valence-electron chi connectivity index (χ2n) is 3.64. The Morgan fingerprint density at radius 1 is 1.64 bits per heavy atom. The SMILES string of the molecule is CC(O)CCNC1CC(=O)N(C)C1=O. The van der Waals surface area contributed by atoms with Crippen molar-refractivity contribution in [2.75, 3.05) is 13.6 Å². The lowest BCUT2D eigenvalue weighted by Crippen LogP contribution is -2.38. The molecule has 0 saturated carbocycles. The maximum Gasteiger partial charge on any atom is 0.246 e. The molecule has 1 rings (SSSR count). The van der Waals surface area contributed by atoms with Crippen molar-refractivity contribution in [2.24, 2.45) is 0 Å². The smallest absolute Gasteiger partial charge is 0.246 e. The number of aliphatic hydroxyl groups is 1. The first kappa shape index (κ1) is 11.1. The van der Waals surface area contributed by atoms with Gasteiger partial charge in [0.2, 0.25) is 11.8 Å². The zero-order valence-corrected chi connectivity index (χ0v) is 8.49. The van der Waals surface area contributed by atoms with Gasteiger partial charge in [0.15, 0.2) is 0 Å². The van der Waals surface area contributed by atoms with Crippen LogP contribution in [-0.2, 0) is 9.59 Å². The number of hydrogen-bond acceptors (Lipinski definition) is 4. The fourth-order valence-electron chi connectivity index (χ4n) is 1.38. The van der Waals surface area contributed by atoms with Crippen molar-refractivity contribution in [3.63, 3.8) is 0 Å². The molecule has 5 nitrogen and oxygen atoms in total. The summed E-state index contributed by atoms with van der Waals surface area (Å²) in [4.78, 5) is 23.6. The minimum Gasteiger partial charge on any atom is -0.393 e. The molecule has 0 spiro atoms. The first-order valence-electron chi connectivity index (χ1n) is 4.74. The van der Waals surface area contributed by atoms with Gasteiger partial charge in [-0.15, -0.1) is 0 Å². The molecule has 2 amide bonds. The lowest BCUT2D eigenvalue weighted by Gasteiger charge is -2.11. The van der Waals surface area contributed by atoms with Gasteiger partial charge in [0.1, 0.15) is 0 Å². The van der Waals surface area contributed by atoms with Crippen LogP contribution in [0.15, 0.2) is 0 Å². The van der Waals surface area contributed by atoms with Gasteiger partial charge in [0, 0.05) is 7.05 Å². The second kappa shape index (κ2) is 4.52. The first-order chi connectivity index (χ1) is 6.52. The second-order valence-corrected chi connectivity index (χ2v) is 3.64. The van der Waals surface area contributed by atoms with Crippen molar-refractivity contribution in [1.82, 2.24) is 10.2 Å². The quantitative estimate of drug-likeness (QED) is 0.577. The van der Waals surface area contributed by atoms with Crippen molar-refractivity contribution in [2.45, 2.75) is 31.9 Å². The minimum atomic E-state index is -0.397. The van der Waals surface area contributed by atoms with Gasteiger partial charge >= 0.3 is 0 Å². The number of nitrogens with one attached hydrogen (secondary N) is 1. The molecular formula is C9H16N2O3. The van der Waals surface area contributed by atoms with Crippen LogP contribution in [0.5, 0.6) is 0 Å². The number of likely N-dealkylation sites (tertiary alicyclic amines) is 1. The molecule has 80 valence electrons. The summed E-state index contributed by atoms with van der Waals surface area (Å²) < 4.78 is 0. The third-order valence-electron chi connectivity index (χ3n) is 2.33. The van der Waals surface area contributed by atoms with E-state index in [9.17, 15) is 9.59 Å². The zero-order chi connectivity index (χ0) is 10.7. The fraction of sp³-hybridized carbons (Fsp3) is 0.778. The molecule has 2 unspecified atom stereocenters. The summed E-state index contributed by atoms with van der Waals surface area (Å²) in [6.07, 6.45) is 0.434. The maximum absolute atomic E-state index is 11.4. The van der Waals surface area contributed by atoms with E-state index in [1.165, 1.54) is 7.05 Å². The monoisotopic (exact) mass is 200 g/mol. The number of amides is 2. The van der Waals surface area contributed by atoms with Gasteiger partial charge in [0.05, 0.1) is 18.6 Å². The van der Waals surface area contributed by atoms with Gasteiger partial charge in [0.25, 0.3) is 0 Å². The van der Waals surface area contributed by atoms with Gasteiger partial charge in [-0.25, -0.2) is 0 Å². The molecule has 1 fully saturated rings. The molecule has 0 aromatic carbocycles. The van der Waals surface area contributed by atoms with E-state index in [0.717, 1.165) is 4.90 Å². The summed E-state index contributed by atoms with van der Waals surface area (Å²) in [5, 5.41) is 11.9. The number of carbonyl (C=O) groups is 2. The molecule has 1 saturated heterocycles. The highest BCUT2D eigenvalue weighted by molar-refractivity contribution is 6.05. The van der Waals surface area contributed by atoms with Crippen LogP contribution in [0.1, 0.15) is 19.8 Å². The minimum absolute atomic E-state index is 0.149. The molecular weight excluding hydrogens is 184 g/mol. The molecule has 14 heavy (non-hydrogen) atoms. The topological polar surface area (TPSA) is 69.6 Å². The predicted molar refractivity (Wildman–Crippen MR) is 50.5 cm³/mol. The normalized spacial score (nSPS) is 24.5. The van der Waals surface area contributed by atoms with Crippen molar-refractivity contribution >= 4 is 11.8 Å². The van der Waals surface area contributed by atoms with Gasteiger partial charge < -0.3 is 10.4 Å². The molecule has 0 radical (unpaired) electrons. The molecule has 0 aromatic rings. The molecule has 1 heterocycles. The molecule has 0 bridgehead atoms. The average Bonchev–Trinajstić information content (AvgIpc) is 2.33. The number of likely N-dealkylation sites (N-methyl/N-ethyl adjacent to an activating group) is 1. The average molecular weight is 200 g/mol. The fourth-order valence-corrected chi connectivity index (χ4v) is 1.38. The van der Waals surface area contributed by atoms with Crippen molar-refractivity contribution < 1.29 is 14.7 Å². The zero-order valence-electron chi connectivity index (χ0n) is 8.49. The number of imide groups is 1. The molecule has 5 heteroatoms. The molecule has 1 aliphatic heterocycles. The van der Waals surface area contributed by atoms with Gasteiger partial charge in [-0.1, -0.05) is 0 Å². The van der Waals surface area contributed by atoms with E-state index in [1.807, 2.05) is 0 Å². The lowest BCUT2D eigenvalue weighted by atomic mass is 10.2. The predicted octanol–water partition coefficient (Wildman–Crippen LogP) is -0.896. The molecule has 2 atom stereocenters. The van der Waals surface area contributed by atoms with E-state index in [-0.39, 0.29) is 24.3 Å². The Kier molecular flexibility index (Phi) is 3.60. The van der Waals surface area contributed by atoms with E-state index in [1.54, 1.807) is 6.92 Å². The van der Waals surface area contributed by atoms with Crippen molar-refractivity contribution in [3.8, 4) is 0 Å². The molecule has 0 aromatic heterocycles. The van der Waals surface area contributed by atoms with Crippen LogP contribution in [0, 0.1) is 0 Å². The van der Waals surface area contributed by atoms with Crippen LogP contribution >= 0.6 is 0 Å². The van der Waals surface area contributed by atoms with E-state index < -0.39 is 6.04 Å². The highest BCUT2D eigenvalue weighted by Gasteiger charge is 2.35. The Bertz CT molecular complexity index is 240. The summed E-state index contributed by atoms with van der Waals surface area (Å²) in [6.45, 7) is 2.24. The van der Waals surface area contributed by atoms with Crippen LogP contribution in [0.4, 0.5) is 0 Å². The Morgan fingerprint density at radius 2 is 2.29 bits per heavy atom. The highest BCUT2D eigenvalue weighted by Crippen LogP contribution is 2.10. The Balaban J connectivity index is 2.33. The summed E-state index contributed by atoms with van der Waals surface area (Å²) in [7, 11) is 1.49. The van der Waals surface area contributed by atoms with Crippen molar-refractivity contribution in [3.05, 3.63) is 0 Å². The summed E-state index contributed by atoms with van der Waals surface area (Å²) in [5.41, 5.74) is 0. The lowest BCUT2D eigenvalue weighted by molar-refractivity contribution is -0.137. The molecule has 2 N–H and O–H groups in total. The third kappa shape index (κ3) is 2.52. The Labute approximate surface area is 83.1 Å². The number of nitrogens with zero attached hydrogens (tertiary/aromatic N) is 1. The Hall–Kier alpha value is -0.940. The van der Waals surface area contributed by atoms with Crippen LogP contribution in [-0.4, -0.2) is 47.6 Å². The third-order valence-corrected chi connectivity index (χ3v) is 2.33. The first-order valence-corrected chi connectivity index (χ1v) is 4.74. The Morgan fingerprint density at radius 3 is 2.71 bits per heavy atom. The number of aliphatic hydroxyl groups excluding tert-OH is 1.